The molecular weight excluding hydrogens is 270 g/mol. The fraction of sp³-hybridized carbons (Fsp3) is 0.417. The summed E-state index contributed by atoms with van der Waals surface area (Å²) in [5.41, 5.74) is 0. The Hall–Kier alpha value is -1.60. The van der Waals surface area contributed by atoms with Gasteiger partial charge in [-0.1, -0.05) is 6.07 Å². The summed E-state index contributed by atoms with van der Waals surface area (Å²) in [4.78, 5) is 11.0. The van der Waals surface area contributed by atoms with E-state index in [0.29, 0.717) is 6.42 Å². The highest BCUT2D eigenvalue weighted by Crippen LogP contribution is 2.19. The molecule has 6 nitrogen and oxygen atoms in total. The number of nitrogens with zero attached hydrogens (tertiary/aromatic N) is 1. The van der Waals surface area contributed by atoms with Crippen molar-refractivity contribution < 1.29 is 23.1 Å². The van der Waals surface area contributed by atoms with Crippen LogP contribution in [0, 0.1) is 0 Å². The molecule has 1 aromatic carbocycles. The normalized spacial score (nSPS) is 11.5. The predicted octanol–water partition coefficient (Wildman–Crippen LogP) is 0.966. The fourth-order valence-electron chi connectivity index (χ4n) is 1.49. The summed E-state index contributed by atoms with van der Waals surface area (Å²) in [5, 5.41) is 9.29. The number of phenols is 1. The quantitative estimate of drug-likeness (QED) is 0.788. The SMILES string of the molecule is COC(=O)CCCN(C)S(=O)(=O)c1cccc(O)c1. The second-order valence-corrected chi connectivity index (χ2v) is 6.05. The first kappa shape index (κ1) is 15.5. The predicted molar refractivity (Wildman–Crippen MR) is 69.2 cm³/mol. The smallest absolute Gasteiger partial charge is 0.305 e. The Balaban J connectivity index is 2.70. The third kappa shape index (κ3) is 4.22. The van der Waals surface area contributed by atoms with E-state index in [9.17, 15) is 18.3 Å². The lowest BCUT2D eigenvalue weighted by Gasteiger charge is -2.16. The second-order valence-electron chi connectivity index (χ2n) is 4.00. The zero-order chi connectivity index (χ0) is 14.5. The van der Waals surface area contributed by atoms with Gasteiger partial charge in [-0.3, -0.25) is 4.79 Å². The maximum atomic E-state index is 12.1. The Bertz CT molecular complexity index is 541. The molecule has 0 heterocycles. The molecule has 0 atom stereocenters. The van der Waals surface area contributed by atoms with Gasteiger partial charge in [-0.2, -0.15) is 0 Å². The lowest BCUT2D eigenvalue weighted by Crippen LogP contribution is -2.28. The van der Waals surface area contributed by atoms with E-state index in [0.717, 1.165) is 4.31 Å². The molecule has 0 aliphatic heterocycles. The number of rotatable bonds is 6. The standard InChI is InChI=1S/C12H17NO5S/c1-13(8-4-7-12(15)18-2)19(16,17)11-6-3-5-10(14)9-11/h3,5-6,9,14H,4,7-8H2,1-2H3. The molecule has 1 aromatic rings. The molecule has 1 rings (SSSR count). The summed E-state index contributed by atoms with van der Waals surface area (Å²) in [6.45, 7) is 0.201. The number of carbonyl (C=O) groups excluding carboxylic acids is 1. The number of aromatic hydroxyl groups is 1. The van der Waals surface area contributed by atoms with E-state index < -0.39 is 10.0 Å². The molecule has 0 radical (unpaired) electrons. The fourth-order valence-corrected chi connectivity index (χ4v) is 2.74. The first-order valence-electron chi connectivity index (χ1n) is 5.70. The van der Waals surface area contributed by atoms with Crippen molar-refractivity contribution in [3.8, 4) is 5.75 Å². The third-order valence-electron chi connectivity index (χ3n) is 2.61. The maximum Gasteiger partial charge on any atom is 0.305 e. The Kier molecular flexibility index (Phi) is 5.31. The van der Waals surface area contributed by atoms with E-state index >= 15 is 0 Å². The van der Waals surface area contributed by atoms with Crippen molar-refractivity contribution in [2.75, 3.05) is 20.7 Å². The number of hydrogen-bond acceptors (Lipinski definition) is 5. The molecule has 19 heavy (non-hydrogen) atoms. The summed E-state index contributed by atoms with van der Waals surface area (Å²) in [7, 11) is -0.930. The van der Waals surface area contributed by atoms with Crippen LogP contribution in [0.4, 0.5) is 0 Å². The van der Waals surface area contributed by atoms with Gasteiger partial charge in [0.25, 0.3) is 0 Å². The van der Waals surface area contributed by atoms with Crippen LogP contribution in [-0.2, 0) is 19.6 Å². The van der Waals surface area contributed by atoms with Crippen LogP contribution in [0.15, 0.2) is 29.2 Å². The van der Waals surface area contributed by atoms with E-state index in [1.807, 2.05) is 0 Å². The molecule has 0 unspecified atom stereocenters. The highest BCUT2D eigenvalue weighted by Gasteiger charge is 2.20. The van der Waals surface area contributed by atoms with Gasteiger partial charge in [0.1, 0.15) is 5.75 Å². The van der Waals surface area contributed by atoms with Crippen LogP contribution in [-0.4, -0.2) is 44.5 Å². The van der Waals surface area contributed by atoms with Crippen molar-refractivity contribution in [1.29, 1.82) is 0 Å². The molecule has 0 bridgehead atoms. The molecule has 7 heteroatoms. The number of carbonyl (C=O) groups is 1. The van der Waals surface area contributed by atoms with Crippen LogP contribution < -0.4 is 0 Å². The van der Waals surface area contributed by atoms with Gasteiger partial charge in [-0.05, 0) is 24.6 Å². The first-order chi connectivity index (χ1) is 8.87. The van der Waals surface area contributed by atoms with E-state index in [4.69, 9.17) is 0 Å². The van der Waals surface area contributed by atoms with Crippen LogP contribution in [0.5, 0.6) is 5.75 Å². The van der Waals surface area contributed by atoms with Gasteiger partial charge in [0.05, 0.1) is 12.0 Å². The molecule has 0 amide bonds. The van der Waals surface area contributed by atoms with E-state index in [2.05, 4.69) is 4.74 Å². The first-order valence-corrected chi connectivity index (χ1v) is 7.14. The number of hydrogen-bond donors (Lipinski definition) is 1. The Morgan fingerprint density at radius 2 is 2.11 bits per heavy atom. The molecule has 0 saturated heterocycles. The van der Waals surface area contributed by atoms with E-state index in [1.165, 1.54) is 38.4 Å². The van der Waals surface area contributed by atoms with Crippen LogP contribution in [0.2, 0.25) is 0 Å². The molecule has 0 aliphatic carbocycles. The Labute approximate surface area is 112 Å². The van der Waals surface area contributed by atoms with Gasteiger partial charge in [0.15, 0.2) is 0 Å². The van der Waals surface area contributed by atoms with Crippen LogP contribution in [0.1, 0.15) is 12.8 Å². The van der Waals surface area contributed by atoms with Crippen LogP contribution in [0.25, 0.3) is 0 Å². The van der Waals surface area contributed by atoms with Gasteiger partial charge >= 0.3 is 5.97 Å². The summed E-state index contributed by atoms with van der Waals surface area (Å²) in [6, 6.07) is 5.46. The zero-order valence-electron chi connectivity index (χ0n) is 10.9. The average Bonchev–Trinajstić information content (AvgIpc) is 2.38. The maximum absolute atomic E-state index is 12.1. The second kappa shape index (κ2) is 6.53. The Morgan fingerprint density at radius 3 is 2.68 bits per heavy atom. The minimum atomic E-state index is -3.64. The number of phenolic OH excluding ortho intramolecular Hbond substituents is 1. The summed E-state index contributed by atoms with van der Waals surface area (Å²) in [6.07, 6.45) is 0.539. The number of methoxy groups -OCH3 is 1. The van der Waals surface area contributed by atoms with Crippen molar-refractivity contribution in [3.05, 3.63) is 24.3 Å². The minimum absolute atomic E-state index is 0.0214. The highest BCUT2D eigenvalue weighted by atomic mass is 32.2. The molecule has 0 saturated carbocycles. The van der Waals surface area contributed by atoms with Gasteiger partial charge < -0.3 is 9.84 Å². The van der Waals surface area contributed by atoms with Gasteiger partial charge in [0, 0.05) is 20.0 Å². The van der Waals surface area contributed by atoms with Crippen LogP contribution in [0.3, 0.4) is 0 Å². The van der Waals surface area contributed by atoms with Gasteiger partial charge in [-0.25, -0.2) is 12.7 Å². The average molecular weight is 287 g/mol. The summed E-state index contributed by atoms with van der Waals surface area (Å²) >= 11 is 0. The molecule has 0 aromatic heterocycles. The molecule has 0 aliphatic rings. The lowest BCUT2D eigenvalue weighted by atomic mass is 10.3. The largest absolute Gasteiger partial charge is 0.508 e. The van der Waals surface area contributed by atoms with Crippen molar-refractivity contribution in [3.63, 3.8) is 0 Å². The van der Waals surface area contributed by atoms with E-state index in [-0.39, 0.29) is 29.6 Å². The summed E-state index contributed by atoms with van der Waals surface area (Å²) < 4.78 is 29.9. The summed E-state index contributed by atoms with van der Waals surface area (Å²) in [5.74, 6) is -0.479. The minimum Gasteiger partial charge on any atom is -0.508 e. The van der Waals surface area contributed by atoms with Crippen molar-refractivity contribution in [2.24, 2.45) is 0 Å². The van der Waals surface area contributed by atoms with Gasteiger partial charge in [0.2, 0.25) is 10.0 Å². The van der Waals surface area contributed by atoms with Crippen molar-refractivity contribution in [1.82, 2.24) is 4.31 Å². The molecular formula is C12H17NO5S. The monoisotopic (exact) mass is 287 g/mol. The number of ether oxygens (including phenoxy) is 1. The molecule has 106 valence electrons. The number of benzene rings is 1. The number of sulfonamides is 1. The molecule has 0 spiro atoms. The zero-order valence-corrected chi connectivity index (χ0v) is 11.7. The topological polar surface area (TPSA) is 83.9 Å². The highest BCUT2D eigenvalue weighted by molar-refractivity contribution is 7.89. The van der Waals surface area contributed by atoms with E-state index in [1.54, 1.807) is 0 Å². The van der Waals surface area contributed by atoms with Crippen molar-refractivity contribution >= 4 is 16.0 Å². The lowest BCUT2D eigenvalue weighted by molar-refractivity contribution is -0.140. The number of esters is 1. The Morgan fingerprint density at radius 1 is 1.42 bits per heavy atom. The van der Waals surface area contributed by atoms with Gasteiger partial charge in [-0.15, -0.1) is 0 Å². The van der Waals surface area contributed by atoms with Crippen LogP contribution >= 0.6 is 0 Å². The van der Waals surface area contributed by atoms with Crippen molar-refractivity contribution in [2.45, 2.75) is 17.7 Å². The molecule has 1 N–H and O–H groups in total. The third-order valence-corrected chi connectivity index (χ3v) is 4.46. The molecule has 0 fully saturated rings.